The maximum Gasteiger partial charge on any atom is 0.226 e. The second-order valence-corrected chi connectivity index (χ2v) is 6.29. The lowest BCUT2D eigenvalue weighted by Crippen LogP contribution is -2.29. The van der Waals surface area contributed by atoms with Gasteiger partial charge in [0.05, 0.1) is 24.3 Å². The van der Waals surface area contributed by atoms with Gasteiger partial charge in [0, 0.05) is 18.6 Å². The van der Waals surface area contributed by atoms with E-state index >= 15 is 0 Å². The van der Waals surface area contributed by atoms with Crippen LogP contribution in [0.25, 0.3) is 11.5 Å². The smallest absolute Gasteiger partial charge is 0.226 e. The molecule has 1 aromatic carbocycles. The lowest BCUT2D eigenvalue weighted by molar-refractivity contribution is -0.0538. The number of aryl methyl sites for hydroxylation is 1. The molecule has 2 aromatic rings. The summed E-state index contributed by atoms with van der Waals surface area (Å²) < 4.78 is 11.3. The first-order valence-electron chi connectivity index (χ1n) is 8.24. The molecule has 0 spiro atoms. The third-order valence-electron chi connectivity index (χ3n) is 3.61. The number of hydrogen-bond donors (Lipinski definition) is 1. The molecular formula is C20H25NO3. The second kappa shape index (κ2) is 8.68. The number of unbranched alkanes of at least 4 members (excludes halogenated alkanes) is 1. The van der Waals surface area contributed by atoms with Gasteiger partial charge in [0.15, 0.2) is 0 Å². The van der Waals surface area contributed by atoms with Crippen molar-refractivity contribution in [3.63, 3.8) is 0 Å². The summed E-state index contributed by atoms with van der Waals surface area (Å²) in [6, 6.07) is 9.86. The van der Waals surface area contributed by atoms with Gasteiger partial charge in [-0.05, 0) is 39.3 Å². The predicted octanol–water partition coefficient (Wildman–Crippen LogP) is 3.76. The van der Waals surface area contributed by atoms with Crippen LogP contribution in [0.1, 0.15) is 38.1 Å². The molecule has 4 nitrogen and oxygen atoms in total. The van der Waals surface area contributed by atoms with E-state index in [9.17, 15) is 0 Å². The number of nitrogens with zero attached hydrogens (tertiary/aromatic N) is 1. The Hall–Kier alpha value is -2.09. The minimum Gasteiger partial charge on any atom is -0.441 e. The molecule has 0 saturated carbocycles. The SMILES string of the molecule is Cc1oc(-c2ccccc2)nc1CC#CCCCOC(C)(C)CO. The summed E-state index contributed by atoms with van der Waals surface area (Å²) in [7, 11) is 0. The van der Waals surface area contributed by atoms with E-state index in [2.05, 4.69) is 16.8 Å². The molecule has 0 saturated heterocycles. The van der Waals surface area contributed by atoms with Crippen LogP contribution in [0, 0.1) is 18.8 Å². The first-order chi connectivity index (χ1) is 11.5. The fourth-order valence-corrected chi connectivity index (χ4v) is 2.09. The van der Waals surface area contributed by atoms with Gasteiger partial charge in [0.25, 0.3) is 0 Å². The number of aliphatic hydroxyl groups excluding tert-OH is 1. The number of hydrogen-bond acceptors (Lipinski definition) is 4. The van der Waals surface area contributed by atoms with Crippen LogP contribution in [-0.4, -0.2) is 28.9 Å². The number of aliphatic hydroxyl groups is 1. The summed E-state index contributed by atoms with van der Waals surface area (Å²) in [6.07, 6.45) is 2.21. The van der Waals surface area contributed by atoms with Crippen molar-refractivity contribution in [2.45, 2.75) is 45.6 Å². The largest absolute Gasteiger partial charge is 0.441 e. The molecule has 24 heavy (non-hydrogen) atoms. The van der Waals surface area contributed by atoms with Crippen LogP contribution in [0.4, 0.5) is 0 Å². The van der Waals surface area contributed by atoms with Crippen molar-refractivity contribution >= 4 is 0 Å². The van der Waals surface area contributed by atoms with Crippen molar-refractivity contribution in [1.29, 1.82) is 0 Å². The molecule has 0 amide bonds. The standard InChI is InChI=1S/C20H25NO3/c1-16-18(21-19(24-16)17-11-7-6-8-12-17)13-9-4-5-10-14-23-20(2,3)15-22/h6-8,11-12,22H,5,10,13-15H2,1-3H3. The fraction of sp³-hybridized carbons (Fsp3) is 0.450. The van der Waals surface area contributed by atoms with Gasteiger partial charge in [0.1, 0.15) is 5.76 Å². The van der Waals surface area contributed by atoms with Crippen molar-refractivity contribution in [2.75, 3.05) is 13.2 Å². The predicted molar refractivity (Wildman–Crippen MR) is 94.5 cm³/mol. The molecule has 2 rings (SSSR count). The van der Waals surface area contributed by atoms with Crippen molar-refractivity contribution in [3.8, 4) is 23.3 Å². The summed E-state index contributed by atoms with van der Waals surface area (Å²) >= 11 is 0. The average Bonchev–Trinajstić information content (AvgIpc) is 2.96. The Balaban J connectivity index is 1.80. The van der Waals surface area contributed by atoms with Crippen LogP contribution in [-0.2, 0) is 11.2 Å². The Labute approximate surface area is 143 Å². The number of oxazole rings is 1. The normalized spacial score (nSPS) is 11.2. The highest BCUT2D eigenvalue weighted by molar-refractivity contribution is 5.53. The molecule has 0 bridgehead atoms. The highest BCUT2D eigenvalue weighted by atomic mass is 16.5. The summed E-state index contributed by atoms with van der Waals surface area (Å²) in [6.45, 7) is 6.28. The molecule has 0 aliphatic heterocycles. The lowest BCUT2D eigenvalue weighted by Gasteiger charge is -2.21. The first-order valence-corrected chi connectivity index (χ1v) is 8.24. The zero-order valence-electron chi connectivity index (χ0n) is 14.6. The molecule has 1 N–H and O–H groups in total. The van der Waals surface area contributed by atoms with Crippen LogP contribution in [0.5, 0.6) is 0 Å². The molecule has 4 heteroatoms. The van der Waals surface area contributed by atoms with Gasteiger partial charge in [-0.3, -0.25) is 0 Å². The van der Waals surface area contributed by atoms with E-state index in [0.29, 0.717) is 18.9 Å². The minimum atomic E-state index is -0.473. The molecule has 0 unspecified atom stereocenters. The van der Waals surface area contributed by atoms with E-state index in [0.717, 1.165) is 29.9 Å². The molecule has 1 aromatic heterocycles. The fourth-order valence-electron chi connectivity index (χ4n) is 2.09. The molecule has 0 atom stereocenters. The van der Waals surface area contributed by atoms with Crippen LogP contribution in [0.2, 0.25) is 0 Å². The lowest BCUT2D eigenvalue weighted by atomic mass is 10.1. The third kappa shape index (κ3) is 5.52. The van der Waals surface area contributed by atoms with E-state index in [1.807, 2.05) is 51.1 Å². The zero-order chi connectivity index (χ0) is 17.4. The minimum absolute atomic E-state index is 0.0217. The number of ether oxygens (including phenoxy) is 1. The summed E-state index contributed by atoms with van der Waals surface area (Å²) in [5.41, 5.74) is 1.39. The van der Waals surface area contributed by atoms with Gasteiger partial charge >= 0.3 is 0 Å². The van der Waals surface area contributed by atoms with Crippen LogP contribution in [0.3, 0.4) is 0 Å². The third-order valence-corrected chi connectivity index (χ3v) is 3.61. The van der Waals surface area contributed by atoms with Gasteiger partial charge in [0.2, 0.25) is 5.89 Å². The molecule has 0 fully saturated rings. The molecule has 1 heterocycles. The van der Waals surface area contributed by atoms with E-state index in [1.165, 1.54) is 0 Å². The van der Waals surface area contributed by atoms with Gasteiger partial charge in [-0.1, -0.05) is 24.1 Å². The Morgan fingerprint density at radius 3 is 2.67 bits per heavy atom. The van der Waals surface area contributed by atoms with Crippen molar-refractivity contribution in [1.82, 2.24) is 4.98 Å². The number of rotatable bonds is 7. The average molecular weight is 327 g/mol. The summed E-state index contributed by atoms with van der Waals surface area (Å²) in [4.78, 5) is 4.54. The summed E-state index contributed by atoms with van der Waals surface area (Å²) in [5, 5.41) is 9.10. The first kappa shape index (κ1) is 18.3. The van der Waals surface area contributed by atoms with Gasteiger partial charge in [-0.25, -0.2) is 4.98 Å². The monoisotopic (exact) mass is 327 g/mol. The highest BCUT2D eigenvalue weighted by Crippen LogP contribution is 2.21. The molecule has 0 aliphatic carbocycles. The van der Waals surface area contributed by atoms with Crippen LogP contribution >= 0.6 is 0 Å². The Bertz CT molecular complexity index is 693. The number of benzene rings is 1. The van der Waals surface area contributed by atoms with Crippen molar-refractivity contribution < 1.29 is 14.3 Å². The molecule has 128 valence electrons. The van der Waals surface area contributed by atoms with E-state index in [-0.39, 0.29) is 6.61 Å². The topological polar surface area (TPSA) is 55.5 Å². The highest BCUT2D eigenvalue weighted by Gasteiger charge is 2.15. The molecular weight excluding hydrogens is 302 g/mol. The van der Waals surface area contributed by atoms with Crippen LogP contribution in [0.15, 0.2) is 34.7 Å². The zero-order valence-corrected chi connectivity index (χ0v) is 14.6. The Morgan fingerprint density at radius 1 is 1.21 bits per heavy atom. The van der Waals surface area contributed by atoms with E-state index in [1.54, 1.807) is 0 Å². The van der Waals surface area contributed by atoms with Crippen molar-refractivity contribution in [3.05, 3.63) is 41.8 Å². The molecule has 0 aliphatic rings. The quantitative estimate of drug-likeness (QED) is 0.621. The van der Waals surface area contributed by atoms with E-state index in [4.69, 9.17) is 14.3 Å². The van der Waals surface area contributed by atoms with Crippen LogP contribution < -0.4 is 0 Å². The van der Waals surface area contributed by atoms with Gasteiger partial charge < -0.3 is 14.3 Å². The maximum absolute atomic E-state index is 9.10. The van der Waals surface area contributed by atoms with Gasteiger partial charge in [-0.15, -0.1) is 5.92 Å². The Morgan fingerprint density at radius 2 is 1.96 bits per heavy atom. The van der Waals surface area contributed by atoms with E-state index < -0.39 is 5.60 Å². The van der Waals surface area contributed by atoms with Gasteiger partial charge in [-0.2, -0.15) is 0 Å². The summed E-state index contributed by atoms with van der Waals surface area (Å²) in [5.74, 6) is 7.74. The van der Waals surface area contributed by atoms with Crippen molar-refractivity contribution in [2.24, 2.45) is 0 Å². The maximum atomic E-state index is 9.10. The second-order valence-electron chi connectivity index (χ2n) is 6.29. The Kier molecular flexibility index (Phi) is 6.60. The number of aromatic nitrogens is 1. The molecule has 0 radical (unpaired) electrons.